The molecule has 3 rings (SSSR count). The highest BCUT2D eigenvalue weighted by molar-refractivity contribution is 5.38. The predicted molar refractivity (Wildman–Crippen MR) is 82.1 cm³/mol. The first-order chi connectivity index (χ1) is 9.70. The Hall–Kier alpha value is -1.06. The zero-order valence-corrected chi connectivity index (χ0v) is 12.8. The van der Waals surface area contributed by atoms with Gasteiger partial charge in [0.15, 0.2) is 0 Å². The van der Waals surface area contributed by atoms with Gasteiger partial charge < -0.3 is 10.1 Å². The maximum atomic E-state index is 6.03. The van der Waals surface area contributed by atoms with E-state index >= 15 is 0 Å². The van der Waals surface area contributed by atoms with Gasteiger partial charge in [0.05, 0.1) is 12.1 Å². The van der Waals surface area contributed by atoms with Crippen molar-refractivity contribution in [3.05, 3.63) is 29.8 Å². The molecule has 1 N–H and O–H groups in total. The van der Waals surface area contributed by atoms with E-state index in [0.717, 1.165) is 18.4 Å². The molecule has 1 heterocycles. The van der Waals surface area contributed by atoms with E-state index in [9.17, 15) is 0 Å². The zero-order valence-electron chi connectivity index (χ0n) is 12.8. The third kappa shape index (κ3) is 2.70. The van der Waals surface area contributed by atoms with Crippen LogP contribution in [0.15, 0.2) is 24.3 Å². The van der Waals surface area contributed by atoms with Gasteiger partial charge in [-0.3, -0.25) is 4.90 Å². The Balaban J connectivity index is 1.85. The van der Waals surface area contributed by atoms with Crippen LogP contribution in [0.2, 0.25) is 0 Å². The third-order valence-corrected chi connectivity index (χ3v) is 4.38. The fourth-order valence-electron chi connectivity index (χ4n) is 3.37. The van der Waals surface area contributed by atoms with Crippen LogP contribution in [0.5, 0.6) is 5.75 Å². The number of nitrogens with one attached hydrogen (secondary N) is 1. The molecule has 1 saturated carbocycles. The molecular formula is C17H26N2O. The number of para-hydroxylation sites is 1. The van der Waals surface area contributed by atoms with Crippen molar-refractivity contribution in [1.29, 1.82) is 0 Å². The molecule has 0 bridgehead atoms. The number of fused-ring (bicyclic) bond motifs is 1. The number of hydrogen-bond donors (Lipinski definition) is 1. The molecule has 1 aromatic carbocycles. The summed E-state index contributed by atoms with van der Waals surface area (Å²) >= 11 is 0. The molecule has 0 amide bonds. The Bertz CT molecular complexity index is 456. The van der Waals surface area contributed by atoms with Crippen LogP contribution in [0.3, 0.4) is 0 Å². The molecule has 3 nitrogen and oxygen atoms in total. The van der Waals surface area contributed by atoms with E-state index in [1.165, 1.54) is 24.9 Å². The first kappa shape index (κ1) is 13.9. The summed E-state index contributed by atoms with van der Waals surface area (Å²) < 4.78 is 6.03. The average molecular weight is 274 g/mol. The molecule has 0 radical (unpaired) electrons. The van der Waals surface area contributed by atoms with E-state index in [1.54, 1.807) is 0 Å². The van der Waals surface area contributed by atoms with Crippen LogP contribution in [0, 0.1) is 5.92 Å². The molecule has 0 spiro atoms. The molecule has 110 valence electrons. The summed E-state index contributed by atoms with van der Waals surface area (Å²) in [4.78, 5) is 2.68. The molecule has 1 fully saturated rings. The highest BCUT2D eigenvalue weighted by Gasteiger charge is 2.40. The van der Waals surface area contributed by atoms with Gasteiger partial charge in [-0.15, -0.1) is 0 Å². The quantitative estimate of drug-likeness (QED) is 0.893. The van der Waals surface area contributed by atoms with Gasteiger partial charge >= 0.3 is 0 Å². The highest BCUT2D eigenvalue weighted by atomic mass is 16.5. The molecule has 2 unspecified atom stereocenters. The number of ether oxygens (including phenoxy) is 1. The van der Waals surface area contributed by atoms with Crippen molar-refractivity contribution in [2.75, 3.05) is 20.2 Å². The monoisotopic (exact) mass is 274 g/mol. The first-order valence-electron chi connectivity index (χ1n) is 7.85. The van der Waals surface area contributed by atoms with Crippen LogP contribution in [-0.2, 0) is 0 Å². The van der Waals surface area contributed by atoms with Crippen molar-refractivity contribution in [3.63, 3.8) is 0 Å². The van der Waals surface area contributed by atoms with Crippen LogP contribution >= 0.6 is 0 Å². The van der Waals surface area contributed by atoms with Crippen LogP contribution in [-0.4, -0.2) is 37.2 Å². The summed E-state index contributed by atoms with van der Waals surface area (Å²) in [5.41, 5.74) is 1.31. The highest BCUT2D eigenvalue weighted by Crippen LogP contribution is 2.38. The second-order valence-corrected chi connectivity index (χ2v) is 6.50. The second kappa shape index (κ2) is 5.74. The molecule has 3 heteroatoms. The van der Waals surface area contributed by atoms with Crippen LogP contribution in [0.1, 0.15) is 38.3 Å². The van der Waals surface area contributed by atoms with E-state index in [-0.39, 0.29) is 0 Å². The van der Waals surface area contributed by atoms with E-state index in [4.69, 9.17) is 4.74 Å². The van der Waals surface area contributed by atoms with E-state index in [1.807, 2.05) is 0 Å². The largest absolute Gasteiger partial charge is 0.492 e. The van der Waals surface area contributed by atoms with Gasteiger partial charge in [0.25, 0.3) is 0 Å². The summed E-state index contributed by atoms with van der Waals surface area (Å²) in [6.45, 7) is 6.58. The van der Waals surface area contributed by atoms with Gasteiger partial charge in [-0.25, -0.2) is 0 Å². The lowest BCUT2D eigenvalue weighted by molar-refractivity contribution is 0.0722. The summed E-state index contributed by atoms with van der Waals surface area (Å²) in [5, 5.41) is 3.52. The number of nitrogens with zero attached hydrogens (tertiary/aromatic N) is 1. The topological polar surface area (TPSA) is 24.5 Å². The molecule has 2 aliphatic rings. The number of benzene rings is 1. The Morgan fingerprint density at radius 1 is 1.30 bits per heavy atom. The van der Waals surface area contributed by atoms with E-state index in [0.29, 0.717) is 18.0 Å². The summed E-state index contributed by atoms with van der Waals surface area (Å²) in [6, 6.07) is 10.0. The smallest absolute Gasteiger partial charge is 0.124 e. The van der Waals surface area contributed by atoms with Crippen molar-refractivity contribution in [2.45, 2.75) is 44.8 Å². The van der Waals surface area contributed by atoms with Crippen molar-refractivity contribution in [2.24, 2.45) is 5.92 Å². The first-order valence-corrected chi connectivity index (χ1v) is 7.85. The van der Waals surface area contributed by atoms with Gasteiger partial charge in [-0.2, -0.15) is 0 Å². The fourth-order valence-corrected chi connectivity index (χ4v) is 3.37. The predicted octanol–water partition coefficient (Wildman–Crippen LogP) is 2.83. The fraction of sp³-hybridized carbons (Fsp3) is 0.647. The van der Waals surface area contributed by atoms with Crippen LogP contribution in [0.4, 0.5) is 0 Å². The minimum absolute atomic E-state index is 0.374. The second-order valence-electron chi connectivity index (χ2n) is 6.50. The van der Waals surface area contributed by atoms with Crippen LogP contribution in [0.25, 0.3) is 0 Å². The number of likely N-dealkylation sites (N-methyl/N-ethyl adjacent to an activating group) is 1. The van der Waals surface area contributed by atoms with E-state index < -0.39 is 0 Å². The SMILES string of the molecule is CNC1c2ccccc2OCC1N(CC(C)C)C1CC1. The van der Waals surface area contributed by atoms with Crippen molar-refractivity contribution in [3.8, 4) is 5.75 Å². The molecule has 1 aliphatic heterocycles. The summed E-state index contributed by atoms with van der Waals surface area (Å²) in [6.07, 6.45) is 2.70. The summed E-state index contributed by atoms with van der Waals surface area (Å²) in [5.74, 6) is 1.74. The van der Waals surface area contributed by atoms with Crippen LogP contribution < -0.4 is 10.1 Å². The molecule has 1 aliphatic carbocycles. The molecular weight excluding hydrogens is 248 g/mol. The molecule has 0 saturated heterocycles. The Labute approximate surface area is 122 Å². The maximum Gasteiger partial charge on any atom is 0.124 e. The van der Waals surface area contributed by atoms with Crippen molar-refractivity contribution < 1.29 is 4.74 Å². The molecule has 0 aromatic heterocycles. The van der Waals surface area contributed by atoms with Gasteiger partial charge in [0, 0.05) is 18.2 Å². The van der Waals surface area contributed by atoms with Gasteiger partial charge in [-0.05, 0) is 31.9 Å². The lowest BCUT2D eigenvalue weighted by Crippen LogP contribution is -2.51. The maximum absolute atomic E-state index is 6.03. The minimum Gasteiger partial charge on any atom is -0.492 e. The standard InChI is InChI=1S/C17H26N2O/c1-12(2)10-19(13-8-9-13)15-11-20-16-7-5-4-6-14(16)17(15)18-3/h4-7,12-13,15,17-18H,8-11H2,1-3H3. The van der Waals surface area contributed by atoms with E-state index in [2.05, 4.69) is 55.4 Å². The Kier molecular flexibility index (Phi) is 3.99. The van der Waals surface area contributed by atoms with Gasteiger partial charge in [0.2, 0.25) is 0 Å². The average Bonchev–Trinajstić information content (AvgIpc) is 3.28. The minimum atomic E-state index is 0.374. The van der Waals surface area contributed by atoms with Crippen molar-refractivity contribution >= 4 is 0 Å². The molecule has 20 heavy (non-hydrogen) atoms. The van der Waals surface area contributed by atoms with Gasteiger partial charge in [0.1, 0.15) is 12.4 Å². The Morgan fingerprint density at radius 2 is 2.05 bits per heavy atom. The number of rotatable bonds is 5. The zero-order chi connectivity index (χ0) is 14.1. The van der Waals surface area contributed by atoms with Gasteiger partial charge in [-0.1, -0.05) is 32.0 Å². The third-order valence-electron chi connectivity index (χ3n) is 4.38. The lowest BCUT2D eigenvalue weighted by atomic mass is 9.94. The van der Waals surface area contributed by atoms with Crippen molar-refractivity contribution in [1.82, 2.24) is 10.2 Å². The summed E-state index contributed by atoms with van der Waals surface area (Å²) in [7, 11) is 2.07. The lowest BCUT2D eigenvalue weighted by Gasteiger charge is -2.41. The molecule has 1 aromatic rings. The molecule has 2 atom stereocenters. The Morgan fingerprint density at radius 3 is 2.70 bits per heavy atom. The number of hydrogen-bond acceptors (Lipinski definition) is 3. The normalized spacial score (nSPS) is 25.6.